The van der Waals surface area contributed by atoms with Gasteiger partial charge in [0.1, 0.15) is 0 Å². The highest BCUT2D eigenvalue weighted by molar-refractivity contribution is 7.89. The van der Waals surface area contributed by atoms with Gasteiger partial charge in [0.25, 0.3) is 0 Å². The standard InChI is InChI=1S/C10H15N3O3S/c11-8-3-1-4-9(7-8)17(15,16)13-6-2-5-10(12)14/h1,3-4,7,13H,2,5-6,11H2,(H2,12,14). The van der Waals surface area contributed by atoms with Crippen molar-refractivity contribution >= 4 is 21.6 Å². The number of anilines is 1. The van der Waals surface area contributed by atoms with Crippen molar-refractivity contribution in [1.82, 2.24) is 4.72 Å². The van der Waals surface area contributed by atoms with Gasteiger partial charge in [-0.25, -0.2) is 13.1 Å². The molecule has 0 aromatic heterocycles. The number of nitrogens with two attached hydrogens (primary N) is 2. The van der Waals surface area contributed by atoms with Crippen LogP contribution in [0, 0.1) is 0 Å². The zero-order valence-electron chi connectivity index (χ0n) is 9.22. The molecule has 0 radical (unpaired) electrons. The van der Waals surface area contributed by atoms with Crippen LogP contribution < -0.4 is 16.2 Å². The minimum absolute atomic E-state index is 0.108. The predicted octanol–water partition coefficient (Wildman–Crippen LogP) is -0.187. The average Bonchev–Trinajstić information content (AvgIpc) is 2.24. The summed E-state index contributed by atoms with van der Waals surface area (Å²) >= 11 is 0. The molecular weight excluding hydrogens is 242 g/mol. The van der Waals surface area contributed by atoms with E-state index in [2.05, 4.69) is 4.72 Å². The summed E-state index contributed by atoms with van der Waals surface area (Å²) in [6.45, 7) is 0.167. The smallest absolute Gasteiger partial charge is 0.240 e. The van der Waals surface area contributed by atoms with Crippen LogP contribution in [0.5, 0.6) is 0 Å². The van der Waals surface area contributed by atoms with Crippen molar-refractivity contribution in [3.8, 4) is 0 Å². The largest absolute Gasteiger partial charge is 0.399 e. The molecule has 7 heteroatoms. The van der Waals surface area contributed by atoms with Crippen LogP contribution in [-0.4, -0.2) is 20.9 Å². The number of hydrogen-bond donors (Lipinski definition) is 3. The van der Waals surface area contributed by atoms with Crippen LogP contribution in [0.15, 0.2) is 29.2 Å². The maximum absolute atomic E-state index is 11.7. The summed E-state index contributed by atoms with van der Waals surface area (Å²) in [6.07, 6.45) is 0.524. The van der Waals surface area contributed by atoms with Gasteiger partial charge in [0.2, 0.25) is 15.9 Å². The Morgan fingerprint density at radius 1 is 1.35 bits per heavy atom. The van der Waals surface area contributed by atoms with Crippen LogP contribution >= 0.6 is 0 Å². The maximum Gasteiger partial charge on any atom is 0.240 e. The lowest BCUT2D eigenvalue weighted by Crippen LogP contribution is -2.25. The second-order valence-electron chi connectivity index (χ2n) is 3.54. The predicted molar refractivity (Wildman–Crippen MR) is 64.5 cm³/mol. The van der Waals surface area contributed by atoms with E-state index in [-0.39, 0.29) is 17.9 Å². The number of nitrogen functional groups attached to an aromatic ring is 1. The van der Waals surface area contributed by atoms with E-state index in [1.807, 2.05) is 0 Å². The van der Waals surface area contributed by atoms with E-state index in [1.165, 1.54) is 12.1 Å². The van der Waals surface area contributed by atoms with Gasteiger partial charge in [-0.2, -0.15) is 0 Å². The third-order valence-corrected chi connectivity index (χ3v) is 3.52. The van der Waals surface area contributed by atoms with E-state index in [0.29, 0.717) is 12.1 Å². The Hall–Kier alpha value is -1.60. The minimum atomic E-state index is -3.56. The van der Waals surface area contributed by atoms with Crippen molar-refractivity contribution in [2.75, 3.05) is 12.3 Å². The lowest BCUT2D eigenvalue weighted by Gasteiger charge is -2.06. The fraction of sp³-hybridized carbons (Fsp3) is 0.300. The third-order valence-electron chi connectivity index (χ3n) is 2.06. The molecule has 0 bridgehead atoms. The molecule has 0 saturated heterocycles. The van der Waals surface area contributed by atoms with Crippen LogP contribution in [0.1, 0.15) is 12.8 Å². The van der Waals surface area contributed by atoms with E-state index in [4.69, 9.17) is 11.5 Å². The van der Waals surface area contributed by atoms with Gasteiger partial charge in [0.15, 0.2) is 0 Å². The number of carbonyl (C=O) groups is 1. The summed E-state index contributed by atoms with van der Waals surface area (Å²) in [5.74, 6) is -0.451. The molecule has 5 N–H and O–H groups in total. The van der Waals surface area contributed by atoms with Crippen LogP contribution in [0.25, 0.3) is 0 Å². The van der Waals surface area contributed by atoms with E-state index in [1.54, 1.807) is 12.1 Å². The first-order valence-electron chi connectivity index (χ1n) is 5.05. The van der Waals surface area contributed by atoms with E-state index >= 15 is 0 Å². The normalized spacial score (nSPS) is 11.3. The first-order valence-corrected chi connectivity index (χ1v) is 6.53. The molecule has 1 aromatic carbocycles. The SMILES string of the molecule is NC(=O)CCCNS(=O)(=O)c1cccc(N)c1. The van der Waals surface area contributed by atoms with Crippen LogP contribution in [0.4, 0.5) is 5.69 Å². The first kappa shape index (κ1) is 13.5. The molecule has 94 valence electrons. The molecule has 0 unspecified atom stereocenters. The Morgan fingerprint density at radius 3 is 2.65 bits per heavy atom. The Labute approximate surface area is 100 Å². The molecular formula is C10H15N3O3S. The zero-order chi connectivity index (χ0) is 12.9. The van der Waals surface area contributed by atoms with E-state index in [0.717, 1.165) is 0 Å². The molecule has 0 spiro atoms. The van der Waals surface area contributed by atoms with Crippen molar-refractivity contribution < 1.29 is 13.2 Å². The van der Waals surface area contributed by atoms with E-state index < -0.39 is 15.9 Å². The molecule has 0 fully saturated rings. The Bertz CT molecular complexity index is 499. The summed E-state index contributed by atoms with van der Waals surface area (Å²) in [5, 5.41) is 0. The molecule has 1 aromatic rings. The monoisotopic (exact) mass is 257 g/mol. The second kappa shape index (κ2) is 5.65. The quantitative estimate of drug-likeness (QED) is 0.484. The molecule has 0 aliphatic heterocycles. The topological polar surface area (TPSA) is 115 Å². The van der Waals surface area contributed by atoms with Crippen molar-refractivity contribution in [3.05, 3.63) is 24.3 Å². The zero-order valence-corrected chi connectivity index (χ0v) is 10.0. The molecule has 1 amide bonds. The molecule has 0 saturated carbocycles. The molecule has 0 aliphatic carbocycles. The number of hydrogen-bond acceptors (Lipinski definition) is 4. The lowest BCUT2D eigenvalue weighted by atomic mass is 10.3. The van der Waals surface area contributed by atoms with Gasteiger partial charge in [-0.3, -0.25) is 4.79 Å². The highest BCUT2D eigenvalue weighted by Gasteiger charge is 2.13. The Kier molecular flexibility index (Phi) is 4.47. The molecule has 0 aliphatic rings. The van der Waals surface area contributed by atoms with Crippen molar-refractivity contribution in [3.63, 3.8) is 0 Å². The highest BCUT2D eigenvalue weighted by Crippen LogP contribution is 2.12. The number of carbonyl (C=O) groups excluding carboxylic acids is 1. The van der Waals surface area contributed by atoms with Gasteiger partial charge in [-0.15, -0.1) is 0 Å². The fourth-order valence-corrected chi connectivity index (χ4v) is 2.36. The van der Waals surface area contributed by atoms with E-state index in [9.17, 15) is 13.2 Å². The molecule has 0 heterocycles. The van der Waals surface area contributed by atoms with Gasteiger partial charge in [0.05, 0.1) is 4.90 Å². The lowest BCUT2D eigenvalue weighted by molar-refractivity contribution is -0.118. The molecule has 0 atom stereocenters. The van der Waals surface area contributed by atoms with Crippen LogP contribution in [0.2, 0.25) is 0 Å². The van der Waals surface area contributed by atoms with Gasteiger partial charge in [-0.05, 0) is 24.6 Å². The summed E-state index contributed by atoms with van der Waals surface area (Å²) in [5.41, 5.74) is 10.8. The van der Waals surface area contributed by atoms with Crippen LogP contribution in [0.3, 0.4) is 0 Å². The average molecular weight is 257 g/mol. The fourth-order valence-electron chi connectivity index (χ4n) is 1.23. The number of amides is 1. The summed E-state index contributed by atoms with van der Waals surface area (Å²) in [7, 11) is -3.56. The van der Waals surface area contributed by atoms with Crippen LogP contribution in [-0.2, 0) is 14.8 Å². The first-order chi connectivity index (χ1) is 7.92. The summed E-state index contributed by atoms with van der Waals surface area (Å²) < 4.78 is 25.9. The van der Waals surface area contributed by atoms with Crippen molar-refractivity contribution in [2.45, 2.75) is 17.7 Å². The van der Waals surface area contributed by atoms with Gasteiger partial charge in [0, 0.05) is 18.7 Å². The Morgan fingerprint density at radius 2 is 2.06 bits per heavy atom. The minimum Gasteiger partial charge on any atom is -0.399 e. The number of benzene rings is 1. The molecule has 1 rings (SSSR count). The van der Waals surface area contributed by atoms with Gasteiger partial charge < -0.3 is 11.5 Å². The van der Waals surface area contributed by atoms with Gasteiger partial charge >= 0.3 is 0 Å². The van der Waals surface area contributed by atoms with Crippen molar-refractivity contribution in [1.29, 1.82) is 0 Å². The molecule has 17 heavy (non-hydrogen) atoms. The third kappa shape index (κ3) is 4.41. The summed E-state index contributed by atoms with van der Waals surface area (Å²) in [6, 6.07) is 5.99. The number of primary amides is 1. The highest BCUT2D eigenvalue weighted by atomic mass is 32.2. The second-order valence-corrected chi connectivity index (χ2v) is 5.31. The maximum atomic E-state index is 11.7. The number of nitrogens with one attached hydrogen (secondary N) is 1. The number of sulfonamides is 1. The van der Waals surface area contributed by atoms with Crippen molar-refractivity contribution in [2.24, 2.45) is 5.73 Å². The van der Waals surface area contributed by atoms with Gasteiger partial charge in [-0.1, -0.05) is 6.07 Å². The number of rotatable bonds is 6. The summed E-state index contributed by atoms with van der Waals surface area (Å²) in [4.78, 5) is 10.6. The Balaban J connectivity index is 2.60. The molecule has 6 nitrogen and oxygen atoms in total.